The van der Waals surface area contributed by atoms with E-state index in [4.69, 9.17) is 0 Å². The monoisotopic (exact) mass is 385 g/mol. The SMILES string of the molecule is CCC[C@]1(c2ccccc2)NC(=O)N(CC(=O)N(C)C2CCC(C)CC2)C1=O. The van der Waals surface area contributed by atoms with Gasteiger partial charge in [-0.25, -0.2) is 4.79 Å². The Labute approximate surface area is 167 Å². The second kappa shape index (κ2) is 8.33. The Morgan fingerprint density at radius 2 is 1.82 bits per heavy atom. The topological polar surface area (TPSA) is 69.7 Å². The Kier molecular flexibility index (Phi) is 6.06. The summed E-state index contributed by atoms with van der Waals surface area (Å²) in [7, 11) is 1.79. The van der Waals surface area contributed by atoms with Crippen molar-refractivity contribution in [1.29, 1.82) is 0 Å². The molecular formula is C22H31N3O3. The molecule has 0 aromatic heterocycles. The predicted octanol–water partition coefficient (Wildman–Crippen LogP) is 3.27. The lowest BCUT2D eigenvalue weighted by Gasteiger charge is -2.34. The molecule has 1 heterocycles. The molecule has 1 saturated carbocycles. The van der Waals surface area contributed by atoms with Crippen molar-refractivity contribution in [2.24, 2.45) is 5.92 Å². The number of imide groups is 1. The van der Waals surface area contributed by atoms with Crippen LogP contribution in [-0.2, 0) is 15.1 Å². The molecule has 1 aliphatic carbocycles. The van der Waals surface area contributed by atoms with Crippen LogP contribution in [0.2, 0.25) is 0 Å². The molecule has 2 aliphatic rings. The Morgan fingerprint density at radius 3 is 2.43 bits per heavy atom. The average molecular weight is 386 g/mol. The van der Waals surface area contributed by atoms with Crippen molar-refractivity contribution in [3.8, 4) is 0 Å². The van der Waals surface area contributed by atoms with E-state index in [0.717, 1.165) is 42.6 Å². The van der Waals surface area contributed by atoms with Crippen LogP contribution in [0.1, 0.15) is 57.9 Å². The highest BCUT2D eigenvalue weighted by Gasteiger charge is 2.52. The summed E-state index contributed by atoms with van der Waals surface area (Å²) in [5.74, 6) is 0.194. The maximum absolute atomic E-state index is 13.3. The highest BCUT2D eigenvalue weighted by Crippen LogP contribution is 2.34. The molecule has 28 heavy (non-hydrogen) atoms. The Morgan fingerprint density at radius 1 is 1.18 bits per heavy atom. The van der Waals surface area contributed by atoms with E-state index in [-0.39, 0.29) is 24.4 Å². The third kappa shape index (κ3) is 3.77. The summed E-state index contributed by atoms with van der Waals surface area (Å²) in [6.45, 7) is 4.02. The van der Waals surface area contributed by atoms with Crippen LogP contribution in [-0.4, -0.2) is 47.3 Å². The van der Waals surface area contributed by atoms with Gasteiger partial charge in [0.05, 0.1) is 0 Å². The zero-order chi connectivity index (χ0) is 20.3. The molecule has 0 radical (unpaired) electrons. The maximum Gasteiger partial charge on any atom is 0.325 e. The van der Waals surface area contributed by atoms with Gasteiger partial charge in [0.1, 0.15) is 12.1 Å². The van der Waals surface area contributed by atoms with Gasteiger partial charge in [-0.2, -0.15) is 0 Å². The number of nitrogens with zero attached hydrogens (tertiary/aromatic N) is 2. The molecule has 1 atom stereocenters. The summed E-state index contributed by atoms with van der Waals surface area (Å²) in [5, 5.41) is 2.88. The van der Waals surface area contributed by atoms with Gasteiger partial charge in [-0.05, 0) is 43.6 Å². The van der Waals surface area contributed by atoms with Crippen LogP contribution in [0.3, 0.4) is 0 Å². The standard InChI is InChI=1S/C22H31N3O3/c1-4-14-22(17-8-6-5-7-9-17)20(27)25(21(28)23-22)15-19(26)24(3)18-12-10-16(2)11-13-18/h5-9,16,18H,4,10-15H2,1-3H3,(H,23,28)/t16?,18?,22-/m1/s1. The van der Waals surface area contributed by atoms with Crippen molar-refractivity contribution in [1.82, 2.24) is 15.1 Å². The van der Waals surface area contributed by atoms with Crippen LogP contribution in [0.4, 0.5) is 4.79 Å². The molecule has 6 nitrogen and oxygen atoms in total. The van der Waals surface area contributed by atoms with Crippen LogP contribution in [0, 0.1) is 5.92 Å². The summed E-state index contributed by atoms with van der Waals surface area (Å²) in [5.41, 5.74) is -0.313. The van der Waals surface area contributed by atoms with Gasteiger partial charge >= 0.3 is 6.03 Å². The molecule has 152 valence electrons. The van der Waals surface area contributed by atoms with E-state index in [0.29, 0.717) is 12.3 Å². The maximum atomic E-state index is 13.3. The summed E-state index contributed by atoms with van der Waals surface area (Å²) in [6, 6.07) is 9.02. The second-order valence-electron chi connectivity index (χ2n) is 8.26. The molecule has 4 amide bonds. The molecule has 2 fully saturated rings. The average Bonchev–Trinajstić information content (AvgIpc) is 2.94. The second-order valence-corrected chi connectivity index (χ2v) is 8.26. The van der Waals surface area contributed by atoms with Crippen LogP contribution < -0.4 is 5.32 Å². The highest BCUT2D eigenvalue weighted by molar-refractivity contribution is 6.09. The number of amides is 4. The molecule has 3 rings (SSSR count). The normalized spacial score (nSPS) is 27.6. The van der Waals surface area contributed by atoms with E-state index in [1.165, 1.54) is 0 Å². The number of hydrogen-bond donors (Lipinski definition) is 1. The molecule has 1 aliphatic heterocycles. The van der Waals surface area contributed by atoms with Crippen LogP contribution in [0.25, 0.3) is 0 Å². The number of urea groups is 1. The van der Waals surface area contributed by atoms with Gasteiger partial charge in [0.2, 0.25) is 5.91 Å². The van der Waals surface area contributed by atoms with Crippen molar-refractivity contribution in [3.63, 3.8) is 0 Å². The van der Waals surface area contributed by atoms with E-state index >= 15 is 0 Å². The number of rotatable bonds is 6. The Hall–Kier alpha value is -2.37. The number of carbonyl (C=O) groups excluding carboxylic acids is 3. The quantitative estimate of drug-likeness (QED) is 0.764. The fraction of sp³-hybridized carbons (Fsp3) is 0.591. The molecule has 1 aromatic carbocycles. The molecule has 1 N–H and O–H groups in total. The third-order valence-corrected chi connectivity index (χ3v) is 6.29. The summed E-state index contributed by atoms with van der Waals surface area (Å²) in [6.07, 6.45) is 5.42. The number of hydrogen-bond acceptors (Lipinski definition) is 3. The zero-order valence-corrected chi connectivity index (χ0v) is 17.1. The van der Waals surface area contributed by atoms with Crippen molar-refractivity contribution >= 4 is 17.8 Å². The van der Waals surface area contributed by atoms with Gasteiger partial charge in [-0.3, -0.25) is 14.5 Å². The van der Waals surface area contributed by atoms with Crippen molar-refractivity contribution in [2.45, 2.75) is 64.0 Å². The van der Waals surface area contributed by atoms with Crippen LogP contribution in [0.15, 0.2) is 30.3 Å². The lowest BCUT2D eigenvalue weighted by Crippen LogP contribution is -2.47. The van der Waals surface area contributed by atoms with Crippen LogP contribution in [0.5, 0.6) is 0 Å². The smallest absolute Gasteiger partial charge is 0.325 e. The van der Waals surface area contributed by atoms with Gasteiger partial charge in [0.15, 0.2) is 0 Å². The minimum absolute atomic E-state index is 0.177. The first-order chi connectivity index (χ1) is 13.4. The highest BCUT2D eigenvalue weighted by atomic mass is 16.2. The van der Waals surface area contributed by atoms with Gasteiger partial charge in [0.25, 0.3) is 5.91 Å². The van der Waals surface area contributed by atoms with E-state index in [1.54, 1.807) is 11.9 Å². The largest absolute Gasteiger partial charge is 0.341 e. The summed E-state index contributed by atoms with van der Waals surface area (Å²) in [4.78, 5) is 41.6. The number of nitrogens with one attached hydrogen (secondary N) is 1. The van der Waals surface area contributed by atoms with Gasteiger partial charge in [0, 0.05) is 13.1 Å². The lowest BCUT2D eigenvalue weighted by atomic mass is 9.85. The number of likely N-dealkylation sites (N-methyl/N-ethyl adjacent to an activating group) is 1. The first-order valence-electron chi connectivity index (χ1n) is 10.3. The Balaban J connectivity index is 1.75. The summed E-state index contributed by atoms with van der Waals surface area (Å²) >= 11 is 0. The van der Waals surface area contributed by atoms with Gasteiger partial charge in [-0.1, -0.05) is 50.6 Å². The van der Waals surface area contributed by atoms with Gasteiger partial charge in [-0.15, -0.1) is 0 Å². The molecule has 0 spiro atoms. The molecule has 1 aromatic rings. The van der Waals surface area contributed by atoms with Crippen molar-refractivity contribution < 1.29 is 14.4 Å². The molecule has 0 unspecified atom stereocenters. The minimum atomic E-state index is -1.08. The zero-order valence-electron chi connectivity index (χ0n) is 17.1. The Bertz CT molecular complexity index is 728. The molecule has 6 heteroatoms. The van der Waals surface area contributed by atoms with Crippen molar-refractivity contribution in [2.75, 3.05) is 13.6 Å². The predicted molar refractivity (Wildman–Crippen MR) is 107 cm³/mol. The molecule has 0 bridgehead atoms. The van der Waals surface area contributed by atoms with Crippen LogP contribution >= 0.6 is 0 Å². The summed E-state index contributed by atoms with van der Waals surface area (Å²) < 4.78 is 0. The number of carbonyl (C=O) groups is 3. The lowest BCUT2D eigenvalue weighted by molar-refractivity contribution is -0.140. The van der Waals surface area contributed by atoms with E-state index in [2.05, 4.69) is 12.2 Å². The van der Waals surface area contributed by atoms with E-state index in [1.807, 2.05) is 37.3 Å². The van der Waals surface area contributed by atoms with E-state index < -0.39 is 11.6 Å². The first-order valence-corrected chi connectivity index (χ1v) is 10.3. The van der Waals surface area contributed by atoms with Gasteiger partial charge < -0.3 is 10.2 Å². The third-order valence-electron chi connectivity index (χ3n) is 6.29. The van der Waals surface area contributed by atoms with E-state index in [9.17, 15) is 14.4 Å². The number of benzene rings is 1. The molecule has 1 saturated heterocycles. The first kappa shape index (κ1) is 20.4. The molecular weight excluding hydrogens is 354 g/mol. The van der Waals surface area contributed by atoms with Crippen molar-refractivity contribution in [3.05, 3.63) is 35.9 Å². The fourth-order valence-corrected chi connectivity index (χ4v) is 4.46. The minimum Gasteiger partial charge on any atom is -0.341 e. The fourth-order valence-electron chi connectivity index (χ4n) is 4.46.